The van der Waals surface area contributed by atoms with Gasteiger partial charge < -0.3 is 5.32 Å². The maximum absolute atomic E-state index is 13.3. The van der Waals surface area contributed by atoms with E-state index in [0.717, 1.165) is 3.57 Å². The molecule has 18 heavy (non-hydrogen) atoms. The molecule has 0 spiro atoms. The maximum Gasteiger partial charge on any atom is 0.256 e. The van der Waals surface area contributed by atoms with E-state index in [1.54, 1.807) is 12.1 Å². The maximum atomic E-state index is 13.3. The lowest BCUT2D eigenvalue weighted by Gasteiger charge is -2.08. The highest BCUT2D eigenvalue weighted by atomic mass is 127. The third-order valence-corrected chi connectivity index (χ3v) is 4.06. The van der Waals surface area contributed by atoms with E-state index in [2.05, 4.69) is 43.8 Å². The number of anilines is 1. The monoisotopic (exact) mass is 419 g/mol. The van der Waals surface area contributed by atoms with Gasteiger partial charge in [0.15, 0.2) is 0 Å². The van der Waals surface area contributed by atoms with Crippen LogP contribution < -0.4 is 5.32 Å². The van der Waals surface area contributed by atoms with Crippen LogP contribution in [-0.4, -0.2) is 5.91 Å². The van der Waals surface area contributed by atoms with Gasteiger partial charge in [0.25, 0.3) is 5.91 Å². The zero-order valence-electron chi connectivity index (χ0n) is 9.08. The Balaban J connectivity index is 2.28. The number of halogens is 3. The average molecular weight is 420 g/mol. The number of hydrogen-bond acceptors (Lipinski definition) is 1. The van der Waals surface area contributed by atoms with Crippen molar-refractivity contribution in [1.29, 1.82) is 0 Å². The Morgan fingerprint density at radius 2 is 1.89 bits per heavy atom. The molecule has 0 aliphatic rings. The second-order valence-corrected chi connectivity index (χ2v) is 5.49. The van der Waals surface area contributed by atoms with Crippen LogP contribution in [0.15, 0.2) is 46.9 Å². The van der Waals surface area contributed by atoms with Gasteiger partial charge in [0.1, 0.15) is 5.82 Å². The van der Waals surface area contributed by atoms with E-state index < -0.39 is 5.82 Å². The number of amides is 1. The van der Waals surface area contributed by atoms with E-state index in [0.29, 0.717) is 5.69 Å². The molecule has 2 nitrogen and oxygen atoms in total. The highest BCUT2D eigenvalue weighted by molar-refractivity contribution is 14.1. The van der Waals surface area contributed by atoms with Gasteiger partial charge in [0, 0.05) is 3.57 Å². The molecule has 0 saturated heterocycles. The summed E-state index contributed by atoms with van der Waals surface area (Å²) >= 11 is 5.20. The Hall–Kier alpha value is -0.950. The minimum atomic E-state index is -0.453. The van der Waals surface area contributed by atoms with Crippen molar-refractivity contribution in [3.05, 3.63) is 61.9 Å². The summed E-state index contributed by atoms with van der Waals surface area (Å²) in [6.45, 7) is 0. The summed E-state index contributed by atoms with van der Waals surface area (Å²) in [7, 11) is 0. The normalized spacial score (nSPS) is 10.2. The first-order valence-corrected chi connectivity index (χ1v) is 6.96. The van der Waals surface area contributed by atoms with Crippen LogP contribution in [0.25, 0.3) is 0 Å². The lowest BCUT2D eigenvalue weighted by Crippen LogP contribution is -2.13. The van der Waals surface area contributed by atoms with Gasteiger partial charge in [0.2, 0.25) is 0 Å². The van der Waals surface area contributed by atoms with Crippen molar-refractivity contribution in [3.8, 4) is 0 Å². The molecule has 5 heteroatoms. The molecule has 2 rings (SSSR count). The van der Waals surface area contributed by atoms with Crippen LogP contribution >= 0.6 is 38.5 Å². The zero-order valence-corrected chi connectivity index (χ0v) is 12.8. The van der Waals surface area contributed by atoms with Crippen molar-refractivity contribution in [2.75, 3.05) is 5.32 Å². The summed E-state index contributed by atoms with van der Waals surface area (Å²) < 4.78 is 14.4. The van der Waals surface area contributed by atoms with E-state index in [9.17, 15) is 9.18 Å². The molecule has 0 fully saturated rings. The van der Waals surface area contributed by atoms with Crippen molar-refractivity contribution in [1.82, 2.24) is 0 Å². The first-order valence-electron chi connectivity index (χ1n) is 5.09. The average Bonchev–Trinajstić information content (AvgIpc) is 2.35. The van der Waals surface area contributed by atoms with E-state index in [1.807, 2.05) is 18.2 Å². The molecule has 1 N–H and O–H groups in total. The summed E-state index contributed by atoms with van der Waals surface area (Å²) in [5, 5.41) is 2.75. The molecule has 0 bridgehead atoms. The minimum absolute atomic E-state index is 0.174. The third kappa shape index (κ3) is 2.89. The summed E-state index contributed by atoms with van der Waals surface area (Å²) in [6, 6.07) is 11.8. The molecular weight excluding hydrogens is 412 g/mol. The molecule has 92 valence electrons. The molecule has 0 atom stereocenters. The number of benzene rings is 2. The van der Waals surface area contributed by atoms with Gasteiger partial charge in [-0.15, -0.1) is 0 Å². The smallest absolute Gasteiger partial charge is 0.256 e. The summed E-state index contributed by atoms with van der Waals surface area (Å²) in [4.78, 5) is 12.0. The van der Waals surface area contributed by atoms with Crippen LogP contribution in [0.4, 0.5) is 10.1 Å². The molecule has 2 aromatic carbocycles. The van der Waals surface area contributed by atoms with Crippen LogP contribution in [0.1, 0.15) is 10.4 Å². The fourth-order valence-electron chi connectivity index (χ4n) is 1.43. The third-order valence-electron chi connectivity index (χ3n) is 2.32. The summed E-state index contributed by atoms with van der Waals surface area (Å²) in [5.41, 5.74) is 0.980. The number of nitrogens with one attached hydrogen (secondary N) is 1. The van der Waals surface area contributed by atoms with Crippen LogP contribution in [0.5, 0.6) is 0 Å². The van der Waals surface area contributed by atoms with E-state index >= 15 is 0 Å². The number of para-hydroxylation sites is 1. The Kier molecular flexibility index (Phi) is 4.34. The number of carbonyl (C=O) groups excluding carboxylic acids is 1. The number of hydrogen-bond donors (Lipinski definition) is 1. The molecule has 0 radical (unpaired) electrons. The van der Waals surface area contributed by atoms with Gasteiger partial charge in [0.05, 0.1) is 15.7 Å². The largest absolute Gasteiger partial charge is 0.321 e. The van der Waals surface area contributed by atoms with Crippen molar-refractivity contribution in [3.63, 3.8) is 0 Å². The van der Waals surface area contributed by atoms with Gasteiger partial charge in [-0.25, -0.2) is 4.39 Å². The van der Waals surface area contributed by atoms with Crippen LogP contribution in [0, 0.1) is 9.39 Å². The Morgan fingerprint density at radius 1 is 1.17 bits per heavy atom. The van der Waals surface area contributed by atoms with Gasteiger partial charge in [-0.3, -0.25) is 4.79 Å². The standard InChI is InChI=1S/C13H8BrFINO/c14-12-8(4-3-5-9(12)15)13(18)17-11-7-2-1-6-10(11)16/h1-7H,(H,17,18). The lowest BCUT2D eigenvalue weighted by molar-refractivity contribution is 0.102. The van der Waals surface area contributed by atoms with Crippen molar-refractivity contribution in [2.45, 2.75) is 0 Å². The second-order valence-electron chi connectivity index (χ2n) is 3.54. The molecule has 1 amide bonds. The molecule has 2 aromatic rings. The quantitative estimate of drug-likeness (QED) is 0.716. The zero-order chi connectivity index (χ0) is 13.1. The van der Waals surface area contributed by atoms with Gasteiger partial charge >= 0.3 is 0 Å². The molecule has 0 aromatic heterocycles. The number of rotatable bonds is 2. The van der Waals surface area contributed by atoms with E-state index in [-0.39, 0.29) is 15.9 Å². The summed E-state index contributed by atoms with van der Waals surface area (Å²) in [5.74, 6) is -0.795. The molecule has 0 unspecified atom stereocenters. The Bertz CT molecular complexity index is 603. The fraction of sp³-hybridized carbons (Fsp3) is 0. The molecule has 0 aliphatic heterocycles. The molecule has 0 aliphatic carbocycles. The van der Waals surface area contributed by atoms with Gasteiger partial charge in [-0.2, -0.15) is 0 Å². The van der Waals surface area contributed by atoms with Crippen molar-refractivity contribution < 1.29 is 9.18 Å². The highest BCUT2D eigenvalue weighted by Crippen LogP contribution is 2.23. The molecule has 0 saturated carbocycles. The number of carbonyl (C=O) groups is 1. The van der Waals surface area contributed by atoms with E-state index in [4.69, 9.17) is 0 Å². The highest BCUT2D eigenvalue weighted by Gasteiger charge is 2.13. The van der Waals surface area contributed by atoms with Crippen LogP contribution in [0.2, 0.25) is 0 Å². The molecular formula is C13H8BrFINO. The minimum Gasteiger partial charge on any atom is -0.321 e. The first-order chi connectivity index (χ1) is 8.59. The SMILES string of the molecule is O=C(Nc1ccccc1I)c1cccc(F)c1Br. The van der Waals surface area contributed by atoms with E-state index in [1.165, 1.54) is 12.1 Å². The predicted octanol–water partition coefficient (Wildman–Crippen LogP) is 4.45. The second kappa shape index (κ2) is 5.79. The lowest BCUT2D eigenvalue weighted by atomic mass is 10.2. The Morgan fingerprint density at radius 3 is 2.61 bits per heavy atom. The van der Waals surface area contributed by atoms with Crippen molar-refractivity contribution in [2.24, 2.45) is 0 Å². The first kappa shape index (κ1) is 13.5. The molecule has 0 heterocycles. The van der Waals surface area contributed by atoms with Gasteiger partial charge in [-0.1, -0.05) is 18.2 Å². The van der Waals surface area contributed by atoms with Crippen LogP contribution in [0.3, 0.4) is 0 Å². The predicted molar refractivity (Wildman–Crippen MR) is 81.2 cm³/mol. The van der Waals surface area contributed by atoms with Crippen molar-refractivity contribution >= 4 is 50.1 Å². The van der Waals surface area contributed by atoms with Gasteiger partial charge in [-0.05, 0) is 62.8 Å². The Labute approximate surface area is 126 Å². The topological polar surface area (TPSA) is 29.1 Å². The summed E-state index contributed by atoms with van der Waals surface area (Å²) in [6.07, 6.45) is 0. The van der Waals surface area contributed by atoms with Crippen LogP contribution in [-0.2, 0) is 0 Å². The fourth-order valence-corrected chi connectivity index (χ4v) is 2.40.